The van der Waals surface area contributed by atoms with E-state index in [0.717, 1.165) is 37.1 Å². The Balaban J connectivity index is 1.86. The van der Waals surface area contributed by atoms with E-state index in [-0.39, 0.29) is 44.5 Å². The third-order valence-corrected chi connectivity index (χ3v) is 5.45. The fraction of sp³-hybridized carbons (Fsp3) is 0.167. The molecule has 4 nitrogen and oxygen atoms in total. The van der Waals surface area contributed by atoms with Gasteiger partial charge in [-0.3, -0.25) is 0 Å². The smallest absolute Gasteiger partial charge is 0.416 e. The van der Waals surface area contributed by atoms with Crippen molar-refractivity contribution < 1.29 is 35.2 Å². The van der Waals surface area contributed by atoms with Crippen molar-refractivity contribution in [3.63, 3.8) is 0 Å². The largest absolute Gasteiger partial charge is 0.443 e. The molecule has 0 spiro atoms. The zero-order valence-electron chi connectivity index (χ0n) is 17.6. The van der Waals surface area contributed by atoms with E-state index in [0.29, 0.717) is 11.1 Å². The van der Waals surface area contributed by atoms with Crippen LogP contribution < -0.4 is 0 Å². The lowest BCUT2D eigenvalue weighted by Gasteiger charge is -2.14. The summed E-state index contributed by atoms with van der Waals surface area (Å²) in [4.78, 5) is 8.34. The Morgan fingerprint density at radius 2 is 0.971 bits per heavy atom. The maximum absolute atomic E-state index is 13.5. The molecule has 34 heavy (non-hydrogen) atoms. The lowest BCUT2D eigenvalue weighted by atomic mass is 9.93. The van der Waals surface area contributed by atoms with Gasteiger partial charge in [0.15, 0.2) is 24.0 Å². The number of fused-ring (bicyclic) bond motifs is 2. The van der Waals surface area contributed by atoms with Crippen LogP contribution in [0.2, 0.25) is 0 Å². The summed E-state index contributed by atoms with van der Waals surface area (Å²) in [5.74, 6) is 0. The Morgan fingerprint density at radius 3 is 1.32 bits per heavy atom. The summed E-state index contributed by atoms with van der Waals surface area (Å²) in [6.07, 6.45) is -7.01. The summed E-state index contributed by atoms with van der Waals surface area (Å²) < 4.78 is 91.9. The number of aromatic nitrogens is 2. The van der Waals surface area contributed by atoms with Crippen LogP contribution in [0.5, 0.6) is 0 Å². The molecular weight excluding hydrogens is 462 g/mol. The molecule has 0 bridgehead atoms. The summed E-state index contributed by atoms with van der Waals surface area (Å²) in [6.45, 7) is 3.05. The number of hydrogen-bond acceptors (Lipinski definition) is 4. The Bertz CT molecular complexity index is 1400. The number of halogens is 6. The van der Waals surface area contributed by atoms with Gasteiger partial charge < -0.3 is 8.83 Å². The van der Waals surface area contributed by atoms with Crippen LogP contribution >= 0.6 is 0 Å². The highest BCUT2D eigenvalue weighted by molar-refractivity contribution is 6.15. The van der Waals surface area contributed by atoms with Gasteiger partial charge in [0, 0.05) is 0 Å². The van der Waals surface area contributed by atoms with Crippen LogP contribution in [-0.4, -0.2) is 9.97 Å². The van der Waals surface area contributed by atoms with Crippen LogP contribution in [0, 0.1) is 13.8 Å². The van der Waals surface area contributed by atoms with Crippen molar-refractivity contribution in [1.82, 2.24) is 9.97 Å². The first-order chi connectivity index (χ1) is 15.9. The Labute approximate surface area is 187 Å². The number of rotatable bonds is 2. The molecule has 5 rings (SSSR count). The summed E-state index contributed by atoms with van der Waals surface area (Å²) in [5.41, 5.74) is 0.207. The molecule has 0 radical (unpaired) electrons. The molecule has 0 saturated heterocycles. The molecule has 5 aromatic rings. The summed E-state index contributed by atoms with van der Waals surface area (Å²) in [6, 6.07) is 7.03. The minimum Gasteiger partial charge on any atom is -0.443 e. The molecule has 0 N–H and O–H groups in total. The van der Waals surface area contributed by atoms with Gasteiger partial charge in [-0.05, 0) is 60.4 Å². The van der Waals surface area contributed by atoms with Gasteiger partial charge in [-0.25, -0.2) is 9.97 Å². The van der Waals surface area contributed by atoms with E-state index in [4.69, 9.17) is 8.83 Å². The predicted molar refractivity (Wildman–Crippen MR) is 112 cm³/mol. The van der Waals surface area contributed by atoms with E-state index < -0.39 is 23.5 Å². The Morgan fingerprint density at radius 1 is 0.588 bits per heavy atom. The topological polar surface area (TPSA) is 52.1 Å². The van der Waals surface area contributed by atoms with Gasteiger partial charge in [0.2, 0.25) is 0 Å². The highest BCUT2D eigenvalue weighted by Gasteiger charge is 2.33. The first kappa shape index (κ1) is 22.0. The van der Waals surface area contributed by atoms with Crippen molar-refractivity contribution in [3.8, 4) is 22.3 Å². The van der Waals surface area contributed by atoms with Gasteiger partial charge in [-0.1, -0.05) is 12.1 Å². The van der Waals surface area contributed by atoms with Crippen molar-refractivity contribution in [2.24, 2.45) is 0 Å². The van der Waals surface area contributed by atoms with E-state index in [1.165, 1.54) is 26.0 Å². The van der Waals surface area contributed by atoms with E-state index in [1.807, 2.05) is 0 Å². The highest BCUT2D eigenvalue weighted by atomic mass is 19.4. The molecule has 0 saturated carbocycles. The third kappa shape index (κ3) is 3.59. The quantitative estimate of drug-likeness (QED) is 0.243. The Hall–Kier alpha value is -3.82. The lowest BCUT2D eigenvalue weighted by Crippen LogP contribution is -2.06. The molecular formula is C24H14F6N2O2. The number of oxazole rings is 2. The first-order valence-electron chi connectivity index (χ1n) is 9.94. The zero-order chi connectivity index (χ0) is 24.4. The number of hydrogen-bond donors (Lipinski definition) is 0. The van der Waals surface area contributed by atoms with Crippen molar-refractivity contribution in [3.05, 3.63) is 71.4 Å². The number of benzene rings is 3. The van der Waals surface area contributed by atoms with Crippen molar-refractivity contribution >= 4 is 22.2 Å². The number of alkyl halides is 6. The molecule has 0 fully saturated rings. The van der Waals surface area contributed by atoms with E-state index in [9.17, 15) is 26.3 Å². The number of nitrogens with zero attached hydrogens (tertiary/aromatic N) is 2. The maximum Gasteiger partial charge on any atom is 0.416 e. The minimum absolute atomic E-state index is 0.0881. The molecule has 2 aromatic heterocycles. The van der Waals surface area contributed by atoms with Gasteiger partial charge in [0.1, 0.15) is 11.0 Å². The second kappa shape index (κ2) is 7.34. The summed E-state index contributed by atoms with van der Waals surface area (Å²) >= 11 is 0. The zero-order valence-corrected chi connectivity index (χ0v) is 17.6. The standard InChI is InChI=1S/C24H14F6N2O2/c1-11-3-13(7-15(5-11)23(25,26)27)17-19-22(34-9-31-19)18(20-21(17)33-10-32-20)14-4-12(2)6-16(8-14)24(28,29)30/h3-10H,1-2H3. The average Bonchev–Trinajstić information content (AvgIpc) is 3.39. The molecule has 0 aliphatic carbocycles. The fourth-order valence-electron chi connectivity index (χ4n) is 4.14. The second-order valence-corrected chi connectivity index (χ2v) is 7.98. The average molecular weight is 476 g/mol. The Kier molecular flexibility index (Phi) is 4.75. The number of aryl methyl sites for hydroxylation is 2. The molecule has 0 aliphatic rings. The highest BCUT2D eigenvalue weighted by Crippen LogP contribution is 2.45. The van der Waals surface area contributed by atoms with Crippen molar-refractivity contribution in [1.29, 1.82) is 0 Å². The molecule has 0 unspecified atom stereocenters. The minimum atomic E-state index is -4.58. The van der Waals surface area contributed by atoms with Gasteiger partial charge in [0.25, 0.3) is 0 Å². The molecule has 0 aliphatic heterocycles. The van der Waals surface area contributed by atoms with Crippen LogP contribution in [0.3, 0.4) is 0 Å². The van der Waals surface area contributed by atoms with Gasteiger partial charge in [0.05, 0.1) is 22.3 Å². The van der Waals surface area contributed by atoms with Crippen LogP contribution in [0.1, 0.15) is 22.3 Å². The van der Waals surface area contributed by atoms with Crippen molar-refractivity contribution in [2.45, 2.75) is 26.2 Å². The van der Waals surface area contributed by atoms with E-state index in [1.54, 1.807) is 0 Å². The maximum atomic E-state index is 13.5. The lowest BCUT2D eigenvalue weighted by molar-refractivity contribution is -0.138. The van der Waals surface area contributed by atoms with E-state index in [2.05, 4.69) is 9.97 Å². The molecule has 0 amide bonds. The monoisotopic (exact) mass is 476 g/mol. The van der Waals surface area contributed by atoms with Gasteiger partial charge >= 0.3 is 12.4 Å². The van der Waals surface area contributed by atoms with Crippen LogP contribution in [0.25, 0.3) is 44.5 Å². The first-order valence-corrected chi connectivity index (χ1v) is 9.94. The molecule has 3 aromatic carbocycles. The van der Waals surface area contributed by atoms with Gasteiger partial charge in [-0.2, -0.15) is 26.3 Å². The van der Waals surface area contributed by atoms with Crippen LogP contribution in [0.4, 0.5) is 26.3 Å². The van der Waals surface area contributed by atoms with E-state index >= 15 is 0 Å². The summed E-state index contributed by atoms with van der Waals surface area (Å²) in [7, 11) is 0. The second-order valence-electron chi connectivity index (χ2n) is 7.98. The third-order valence-electron chi connectivity index (χ3n) is 5.45. The predicted octanol–water partition coefficient (Wildman–Crippen LogP) is 7.96. The summed E-state index contributed by atoms with van der Waals surface area (Å²) in [5, 5.41) is 0. The van der Waals surface area contributed by atoms with Crippen LogP contribution in [0.15, 0.2) is 58.0 Å². The fourth-order valence-corrected chi connectivity index (χ4v) is 4.14. The molecule has 174 valence electrons. The molecule has 2 heterocycles. The normalized spacial score (nSPS) is 12.7. The molecule has 0 atom stereocenters. The SMILES string of the molecule is Cc1cc(-c2c3ncoc3c(-c3cc(C)cc(C(F)(F)F)c3)c3ncoc23)cc(C(F)(F)F)c1. The van der Waals surface area contributed by atoms with Crippen LogP contribution in [-0.2, 0) is 12.4 Å². The molecule has 10 heteroatoms. The van der Waals surface area contributed by atoms with Crippen molar-refractivity contribution in [2.75, 3.05) is 0 Å². The van der Waals surface area contributed by atoms with Gasteiger partial charge in [-0.15, -0.1) is 0 Å².